The Balaban J connectivity index is 3.47. The molecule has 2 radical (unpaired) electrons. The van der Waals surface area contributed by atoms with Crippen molar-refractivity contribution in [1.82, 2.24) is 0 Å². The van der Waals surface area contributed by atoms with E-state index in [-0.39, 0.29) is 0 Å². The van der Waals surface area contributed by atoms with E-state index in [2.05, 4.69) is 37.1 Å². The van der Waals surface area contributed by atoms with Gasteiger partial charge in [-0.2, -0.15) is 0 Å². The van der Waals surface area contributed by atoms with Gasteiger partial charge in [-0.3, -0.25) is 0 Å². The van der Waals surface area contributed by atoms with Crippen LogP contribution in [0.3, 0.4) is 0 Å². The van der Waals surface area contributed by atoms with Crippen LogP contribution in [0.4, 0.5) is 0 Å². The highest BCUT2D eigenvalue weighted by atomic mass is 27.0. The van der Waals surface area contributed by atoms with E-state index in [1.54, 1.807) is 0 Å². The van der Waals surface area contributed by atoms with E-state index in [1.807, 2.05) is 0 Å². The Kier molecular flexibility index (Phi) is 8.51. The van der Waals surface area contributed by atoms with E-state index in [0.29, 0.717) is 0 Å². The Morgan fingerprint density at radius 2 is 1.58 bits per heavy atom. The first-order valence-electron chi connectivity index (χ1n) is 5.51. The van der Waals surface area contributed by atoms with Gasteiger partial charge in [-0.05, 0) is 0 Å². The van der Waals surface area contributed by atoms with Gasteiger partial charge in [0.2, 0.25) is 0 Å². The van der Waals surface area contributed by atoms with E-state index in [4.69, 9.17) is 0 Å². The van der Waals surface area contributed by atoms with Gasteiger partial charge in [0.15, 0.2) is 0 Å². The van der Waals surface area contributed by atoms with E-state index >= 15 is 0 Å². The smallest absolute Gasteiger partial charge is 0.105 e. The summed E-state index contributed by atoms with van der Waals surface area (Å²) in [7, 11) is 0. The highest BCUT2D eigenvalue weighted by molar-refractivity contribution is 6.11. The van der Waals surface area contributed by atoms with Crippen LogP contribution in [0.15, 0.2) is 0 Å². The molecule has 0 fully saturated rings. The molecule has 0 aromatic rings. The Morgan fingerprint density at radius 1 is 1.00 bits per heavy atom. The molecule has 0 aliphatic rings. The predicted molar refractivity (Wildman–Crippen MR) is 57.7 cm³/mol. The normalized spacial score (nSPS) is 13.7. The Bertz CT molecular complexity index is 87.0. The van der Waals surface area contributed by atoms with Crippen LogP contribution in [0.5, 0.6) is 0 Å². The topological polar surface area (TPSA) is 0 Å². The largest absolute Gasteiger partial charge is 0.124 e. The molecule has 1 atom stereocenters. The van der Waals surface area contributed by atoms with Gasteiger partial charge >= 0.3 is 0 Å². The number of rotatable bonds is 7. The van der Waals surface area contributed by atoms with E-state index in [9.17, 15) is 0 Å². The van der Waals surface area contributed by atoms with Crippen LogP contribution in [0, 0.1) is 5.92 Å². The first-order valence-corrected chi connectivity index (χ1v) is 6.18. The molecule has 0 saturated carbocycles. The highest BCUT2D eigenvalue weighted by Crippen LogP contribution is 2.26. The second-order valence-electron chi connectivity index (χ2n) is 3.74. The Morgan fingerprint density at radius 3 is 2.00 bits per heavy atom. The summed E-state index contributed by atoms with van der Waals surface area (Å²) < 4.78 is 0.867. The first-order chi connectivity index (χ1) is 5.76. The molecular weight excluding hydrogens is 159 g/mol. The van der Waals surface area contributed by atoms with Crippen molar-refractivity contribution in [2.75, 3.05) is 0 Å². The molecule has 0 spiro atoms. The van der Waals surface area contributed by atoms with Gasteiger partial charge in [0, 0.05) is 0 Å². The van der Waals surface area contributed by atoms with Gasteiger partial charge < -0.3 is 0 Å². The third-order valence-corrected chi connectivity index (χ3v) is 3.67. The lowest BCUT2D eigenvalue weighted by molar-refractivity contribution is 0.430. The van der Waals surface area contributed by atoms with Crippen molar-refractivity contribution >= 4 is 16.3 Å². The standard InChI is InChI=1S/C11H23.Al/c1-4-7-8-9-10-11(5-2)6-3;/h10-11H,4-9H2,1-3H3;. The maximum absolute atomic E-state index is 3.03. The molecule has 0 aliphatic carbocycles. The average molecular weight is 182 g/mol. The molecule has 0 bridgehead atoms. The van der Waals surface area contributed by atoms with Crippen LogP contribution in [-0.4, -0.2) is 16.3 Å². The molecule has 70 valence electrons. The molecule has 0 aromatic carbocycles. The van der Waals surface area contributed by atoms with Gasteiger partial charge in [-0.25, -0.2) is 0 Å². The van der Waals surface area contributed by atoms with Crippen molar-refractivity contribution in [3.63, 3.8) is 0 Å². The monoisotopic (exact) mass is 182 g/mol. The SMILES string of the molecule is CCCCC[CH]([Al])C(CC)CC. The average Bonchev–Trinajstić information content (AvgIpc) is 2.07. The fourth-order valence-electron chi connectivity index (χ4n) is 1.76. The summed E-state index contributed by atoms with van der Waals surface area (Å²) in [5.41, 5.74) is 0. The molecule has 0 aromatic heterocycles. The summed E-state index contributed by atoms with van der Waals surface area (Å²) in [4.78, 5) is 0. The molecule has 0 amide bonds. The van der Waals surface area contributed by atoms with Crippen LogP contribution in [0.1, 0.15) is 59.3 Å². The molecule has 0 saturated heterocycles. The molecule has 1 heteroatoms. The summed E-state index contributed by atoms with van der Waals surface area (Å²) in [6.07, 6.45) is 8.27. The van der Waals surface area contributed by atoms with Gasteiger partial charge in [0.25, 0.3) is 0 Å². The quantitative estimate of drug-likeness (QED) is 0.413. The summed E-state index contributed by atoms with van der Waals surface area (Å²) in [5.74, 6) is 0.937. The van der Waals surface area contributed by atoms with Gasteiger partial charge in [-0.15, -0.1) is 4.78 Å². The van der Waals surface area contributed by atoms with Gasteiger partial charge in [0.1, 0.15) is 16.3 Å². The van der Waals surface area contributed by atoms with E-state index in [1.165, 1.54) is 38.5 Å². The predicted octanol–water partition coefficient (Wildman–Crippen LogP) is 3.96. The summed E-state index contributed by atoms with van der Waals surface area (Å²) in [5, 5.41) is 0. The third-order valence-electron chi connectivity index (χ3n) is 2.80. The molecule has 0 nitrogen and oxygen atoms in total. The first kappa shape index (κ1) is 12.5. The minimum absolute atomic E-state index is 0.867. The number of hydrogen-bond acceptors (Lipinski definition) is 0. The minimum atomic E-state index is 0.867. The van der Waals surface area contributed by atoms with Crippen molar-refractivity contribution in [2.45, 2.75) is 64.1 Å². The fourth-order valence-corrected chi connectivity index (χ4v) is 2.54. The van der Waals surface area contributed by atoms with Crippen LogP contribution in [0.2, 0.25) is 4.78 Å². The summed E-state index contributed by atoms with van der Waals surface area (Å²) >= 11 is 3.03. The zero-order valence-electron chi connectivity index (χ0n) is 8.97. The number of hydrogen-bond donors (Lipinski definition) is 0. The van der Waals surface area contributed by atoms with Crippen molar-refractivity contribution in [2.24, 2.45) is 5.92 Å². The Hall–Kier alpha value is 0.532. The van der Waals surface area contributed by atoms with Crippen molar-refractivity contribution < 1.29 is 0 Å². The van der Waals surface area contributed by atoms with Gasteiger partial charge in [-0.1, -0.05) is 65.2 Å². The van der Waals surface area contributed by atoms with Crippen molar-refractivity contribution in [1.29, 1.82) is 0 Å². The second kappa shape index (κ2) is 8.15. The zero-order chi connectivity index (χ0) is 9.40. The molecule has 0 N–H and O–H groups in total. The van der Waals surface area contributed by atoms with Crippen LogP contribution < -0.4 is 0 Å². The van der Waals surface area contributed by atoms with E-state index in [0.717, 1.165) is 10.7 Å². The maximum Gasteiger partial charge on any atom is 0.124 e. The summed E-state index contributed by atoms with van der Waals surface area (Å²) in [6, 6.07) is 0. The minimum Gasteiger partial charge on any atom is -0.105 e. The van der Waals surface area contributed by atoms with Crippen LogP contribution in [-0.2, 0) is 0 Å². The lowest BCUT2D eigenvalue weighted by Crippen LogP contribution is -2.07. The van der Waals surface area contributed by atoms with Crippen LogP contribution in [0.25, 0.3) is 0 Å². The van der Waals surface area contributed by atoms with Crippen molar-refractivity contribution in [3.8, 4) is 0 Å². The second-order valence-corrected chi connectivity index (χ2v) is 4.59. The maximum atomic E-state index is 3.03. The molecule has 1 unspecified atom stereocenters. The molecule has 0 heterocycles. The molecular formula is C11H23Al. The Labute approximate surface area is 86.6 Å². The van der Waals surface area contributed by atoms with E-state index < -0.39 is 0 Å². The lowest BCUT2D eigenvalue weighted by Gasteiger charge is -2.21. The molecule has 12 heavy (non-hydrogen) atoms. The fraction of sp³-hybridized carbons (Fsp3) is 1.00. The summed E-state index contributed by atoms with van der Waals surface area (Å²) in [6.45, 7) is 6.89. The lowest BCUT2D eigenvalue weighted by atomic mass is 9.95. The number of unbranched alkanes of at least 4 members (excludes halogenated alkanes) is 2. The molecule has 0 rings (SSSR count). The zero-order valence-corrected chi connectivity index (χ0v) is 10.1. The van der Waals surface area contributed by atoms with Crippen molar-refractivity contribution in [3.05, 3.63) is 0 Å². The third kappa shape index (κ3) is 5.23. The highest BCUT2D eigenvalue weighted by Gasteiger charge is 2.10. The van der Waals surface area contributed by atoms with Crippen LogP contribution >= 0.6 is 0 Å². The van der Waals surface area contributed by atoms with Gasteiger partial charge in [0.05, 0.1) is 0 Å². The molecule has 0 aliphatic heterocycles.